The molecule has 114 valence electrons. The summed E-state index contributed by atoms with van der Waals surface area (Å²) in [5.41, 5.74) is 0.762. The lowest BCUT2D eigenvalue weighted by atomic mass is 10.2. The Morgan fingerprint density at radius 3 is 2.39 bits per heavy atom. The van der Waals surface area contributed by atoms with Crippen molar-refractivity contribution in [3.63, 3.8) is 0 Å². The third-order valence-electron chi connectivity index (χ3n) is 3.13. The summed E-state index contributed by atoms with van der Waals surface area (Å²) < 4.78 is 10.7. The fourth-order valence-corrected chi connectivity index (χ4v) is 2.00. The minimum atomic E-state index is -0.0946. The molecular formula is C19H15NO3. The van der Waals surface area contributed by atoms with Gasteiger partial charge in [-0.25, -0.2) is 0 Å². The number of rotatable bonds is 6. The van der Waals surface area contributed by atoms with Crippen LogP contribution in [0.2, 0.25) is 0 Å². The molecule has 0 N–H and O–H groups in total. The number of nitrogens with zero attached hydrogens (tertiary/aromatic N) is 1. The molecule has 0 radical (unpaired) electrons. The minimum Gasteiger partial charge on any atom is -0.461 e. The quantitative estimate of drug-likeness (QED) is 0.473. The molecule has 0 saturated carbocycles. The summed E-state index contributed by atoms with van der Waals surface area (Å²) >= 11 is 0. The van der Waals surface area contributed by atoms with Crippen molar-refractivity contribution in [1.82, 2.24) is 0 Å². The van der Waals surface area contributed by atoms with Crippen molar-refractivity contribution in [3.8, 4) is 11.5 Å². The van der Waals surface area contributed by atoms with Crippen molar-refractivity contribution in [2.45, 2.75) is 6.42 Å². The second-order valence-corrected chi connectivity index (χ2v) is 4.83. The van der Waals surface area contributed by atoms with Gasteiger partial charge in [0, 0.05) is 12.6 Å². The van der Waals surface area contributed by atoms with Crippen molar-refractivity contribution in [1.29, 1.82) is 0 Å². The summed E-state index contributed by atoms with van der Waals surface area (Å²) in [6.07, 6.45) is 3.27. The van der Waals surface area contributed by atoms with Gasteiger partial charge in [-0.1, -0.05) is 18.2 Å². The molecule has 2 aromatic carbocycles. The molecule has 0 amide bonds. The average molecular weight is 305 g/mol. The molecule has 0 spiro atoms. The molecule has 0 unspecified atom stereocenters. The molecule has 0 saturated heterocycles. The summed E-state index contributed by atoms with van der Waals surface area (Å²) in [5, 5.41) is 0. The highest BCUT2D eigenvalue weighted by Crippen LogP contribution is 2.23. The monoisotopic (exact) mass is 305 g/mol. The van der Waals surface area contributed by atoms with Crippen molar-refractivity contribution >= 4 is 17.7 Å². The molecule has 4 heteroatoms. The lowest BCUT2D eigenvalue weighted by Crippen LogP contribution is -1.96. The van der Waals surface area contributed by atoms with Gasteiger partial charge in [0.1, 0.15) is 11.5 Å². The Hall–Kier alpha value is -3.14. The third-order valence-corrected chi connectivity index (χ3v) is 3.13. The fraction of sp³-hybridized carbons (Fsp3) is 0.0526. The van der Waals surface area contributed by atoms with E-state index in [-0.39, 0.29) is 12.2 Å². The highest BCUT2D eigenvalue weighted by atomic mass is 16.5. The number of ether oxygens (including phenoxy) is 1. The zero-order valence-electron chi connectivity index (χ0n) is 12.4. The van der Waals surface area contributed by atoms with E-state index in [0.29, 0.717) is 5.76 Å². The van der Waals surface area contributed by atoms with Crippen LogP contribution in [-0.2, 0) is 0 Å². The first kappa shape index (κ1) is 14.8. The zero-order chi connectivity index (χ0) is 15.9. The minimum absolute atomic E-state index is 0.0946. The van der Waals surface area contributed by atoms with Crippen LogP contribution in [0.1, 0.15) is 17.0 Å². The van der Waals surface area contributed by atoms with E-state index in [4.69, 9.17) is 9.15 Å². The van der Waals surface area contributed by atoms with Crippen molar-refractivity contribution < 1.29 is 13.9 Å². The van der Waals surface area contributed by atoms with Crippen molar-refractivity contribution in [3.05, 3.63) is 78.8 Å². The summed E-state index contributed by atoms with van der Waals surface area (Å²) in [6.45, 7) is 0. The van der Waals surface area contributed by atoms with Crippen LogP contribution < -0.4 is 4.74 Å². The van der Waals surface area contributed by atoms with Gasteiger partial charge < -0.3 is 9.15 Å². The number of ketones is 1. The smallest absolute Gasteiger partial charge is 0.203 e. The lowest BCUT2D eigenvalue weighted by Gasteiger charge is -2.05. The van der Waals surface area contributed by atoms with E-state index in [1.807, 2.05) is 54.6 Å². The standard InChI is InChI=1S/C19H15NO3/c21-18(19-7-4-14-22-19)12-13-20-15-8-10-17(11-9-15)23-16-5-2-1-3-6-16/h1-11,13-14H,12H2. The molecule has 1 heterocycles. The first-order chi connectivity index (χ1) is 11.3. The molecule has 3 rings (SSSR count). The Balaban J connectivity index is 1.57. The third kappa shape index (κ3) is 4.17. The molecular weight excluding hydrogens is 290 g/mol. The molecule has 0 aliphatic heterocycles. The summed E-state index contributed by atoms with van der Waals surface area (Å²) in [7, 11) is 0. The van der Waals surface area contributed by atoms with E-state index in [0.717, 1.165) is 17.2 Å². The largest absolute Gasteiger partial charge is 0.461 e. The lowest BCUT2D eigenvalue weighted by molar-refractivity contribution is 0.0975. The SMILES string of the molecule is O=C(CC=Nc1ccc(Oc2ccccc2)cc1)c1ccco1. The first-order valence-corrected chi connectivity index (χ1v) is 7.23. The summed E-state index contributed by atoms with van der Waals surface area (Å²) in [5.74, 6) is 1.78. The Labute approximate surface area is 134 Å². The molecule has 3 aromatic rings. The first-order valence-electron chi connectivity index (χ1n) is 7.23. The number of Topliss-reactive ketones (excluding diaryl/α,β-unsaturated/α-hetero) is 1. The van der Waals surface area contributed by atoms with Crippen LogP contribution in [0.4, 0.5) is 5.69 Å². The van der Waals surface area contributed by atoms with Crippen LogP contribution in [0.25, 0.3) is 0 Å². The highest BCUT2D eigenvalue weighted by Gasteiger charge is 2.06. The number of hydrogen-bond donors (Lipinski definition) is 0. The predicted octanol–water partition coefficient (Wildman–Crippen LogP) is 5.05. The van der Waals surface area contributed by atoms with Gasteiger partial charge in [-0.15, -0.1) is 0 Å². The van der Waals surface area contributed by atoms with Gasteiger partial charge in [0.05, 0.1) is 12.0 Å². The van der Waals surface area contributed by atoms with Crippen molar-refractivity contribution in [2.75, 3.05) is 0 Å². The van der Waals surface area contributed by atoms with Crippen LogP contribution >= 0.6 is 0 Å². The highest BCUT2D eigenvalue weighted by molar-refractivity contribution is 6.01. The predicted molar refractivity (Wildman–Crippen MR) is 88.8 cm³/mol. The zero-order valence-corrected chi connectivity index (χ0v) is 12.4. The Morgan fingerprint density at radius 1 is 0.957 bits per heavy atom. The second kappa shape index (κ2) is 7.22. The van der Waals surface area contributed by atoms with Gasteiger partial charge >= 0.3 is 0 Å². The van der Waals surface area contributed by atoms with E-state index in [9.17, 15) is 4.79 Å². The van der Waals surface area contributed by atoms with Crippen molar-refractivity contribution in [2.24, 2.45) is 4.99 Å². The number of para-hydroxylation sites is 1. The Morgan fingerprint density at radius 2 is 1.70 bits per heavy atom. The van der Waals surface area contributed by atoms with E-state index < -0.39 is 0 Å². The topological polar surface area (TPSA) is 51.8 Å². The van der Waals surface area contributed by atoms with E-state index in [2.05, 4.69) is 4.99 Å². The number of aliphatic imine (C=N–C) groups is 1. The summed E-state index contributed by atoms with van der Waals surface area (Å²) in [6, 6.07) is 20.3. The Bertz CT molecular complexity index is 775. The maximum Gasteiger partial charge on any atom is 0.203 e. The van der Waals surface area contributed by atoms with Crippen LogP contribution in [0, 0.1) is 0 Å². The normalized spacial score (nSPS) is 10.8. The van der Waals surface area contributed by atoms with E-state index in [1.54, 1.807) is 18.3 Å². The van der Waals surface area contributed by atoms with Crippen LogP contribution in [0.15, 0.2) is 82.4 Å². The molecule has 4 nitrogen and oxygen atoms in total. The van der Waals surface area contributed by atoms with Crippen LogP contribution in [-0.4, -0.2) is 12.0 Å². The van der Waals surface area contributed by atoms with Gasteiger partial charge in [-0.05, 0) is 48.5 Å². The van der Waals surface area contributed by atoms with Gasteiger partial charge in [-0.2, -0.15) is 0 Å². The van der Waals surface area contributed by atoms with E-state index >= 15 is 0 Å². The maximum atomic E-state index is 11.7. The molecule has 0 bridgehead atoms. The molecule has 0 aliphatic carbocycles. The van der Waals surface area contributed by atoms with Crippen LogP contribution in [0.3, 0.4) is 0 Å². The van der Waals surface area contributed by atoms with Gasteiger partial charge in [0.15, 0.2) is 5.76 Å². The van der Waals surface area contributed by atoms with Gasteiger partial charge in [0.25, 0.3) is 0 Å². The number of benzene rings is 2. The number of furan rings is 1. The number of hydrogen-bond acceptors (Lipinski definition) is 4. The number of carbonyl (C=O) groups excluding carboxylic acids is 1. The Kier molecular flexibility index (Phi) is 4.64. The molecule has 0 aliphatic rings. The molecule has 0 fully saturated rings. The molecule has 23 heavy (non-hydrogen) atoms. The molecule has 1 aromatic heterocycles. The molecule has 0 atom stereocenters. The average Bonchev–Trinajstić information content (AvgIpc) is 3.12. The number of carbonyl (C=O) groups is 1. The van der Waals surface area contributed by atoms with Crippen LogP contribution in [0.5, 0.6) is 11.5 Å². The second-order valence-electron chi connectivity index (χ2n) is 4.83. The summed E-state index contributed by atoms with van der Waals surface area (Å²) in [4.78, 5) is 16.0. The van der Waals surface area contributed by atoms with E-state index in [1.165, 1.54) is 6.26 Å². The van der Waals surface area contributed by atoms with Gasteiger partial charge in [-0.3, -0.25) is 9.79 Å². The maximum absolute atomic E-state index is 11.7. The van der Waals surface area contributed by atoms with Gasteiger partial charge in [0.2, 0.25) is 5.78 Å². The fourth-order valence-electron chi connectivity index (χ4n) is 2.00.